The van der Waals surface area contributed by atoms with Crippen LogP contribution >= 0.6 is 0 Å². The van der Waals surface area contributed by atoms with Gasteiger partial charge in [-0.2, -0.15) is 5.10 Å². The van der Waals surface area contributed by atoms with E-state index < -0.39 is 11.6 Å². The Bertz CT molecular complexity index is 731. The van der Waals surface area contributed by atoms with Crippen LogP contribution in [0, 0.1) is 11.6 Å². The number of nitrogens with zero attached hydrogens (tertiary/aromatic N) is 3. The fourth-order valence-corrected chi connectivity index (χ4v) is 3.08. The molecule has 1 aliphatic heterocycles. The molecule has 23 heavy (non-hydrogen) atoms. The third-order valence-electron chi connectivity index (χ3n) is 4.34. The number of likely N-dealkylation sites (tertiary alicyclic amines) is 1. The molecule has 1 fully saturated rings. The summed E-state index contributed by atoms with van der Waals surface area (Å²) >= 11 is 0. The number of urea groups is 1. The monoisotopic (exact) mass is 320 g/mol. The Labute approximate surface area is 132 Å². The molecule has 5 nitrogen and oxygen atoms in total. The van der Waals surface area contributed by atoms with Gasteiger partial charge in [-0.25, -0.2) is 13.6 Å². The van der Waals surface area contributed by atoms with Gasteiger partial charge >= 0.3 is 6.03 Å². The molecule has 2 heterocycles. The molecule has 1 N–H and O–H groups in total. The van der Waals surface area contributed by atoms with E-state index in [0.29, 0.717) is 24.3 Å². The highest BCUT2D eigenvalue weighted by atomic mass is 19.2. The number of aromatic nitrogens is 2. The maximum atomic E-state index is 13.4. The van der Waals surface area contributed by atoms with Gasteiger partial charge in [-0.3, -0.25) is 10.00 Å². The first-order chi connectivity index (χ1) is 11.0. The predicted molar refractivity (Wildman–Crippen MR) is 82.1 cm³/mol. The lowest BCUT2D eigenvalue weighted by atomic mass is 9.92. The molecule has 1 saturated heterocycles. The van der Waals surface area contributed by atoms with Gasteiger partial charge in [0.15, 0.2) is 17.5 Å². The van der Waals surface area contributed by atoms with Crippen LogP contribution in [0.15, 0.2) is 30.5 Å². The second kappa shape index (κ2) is 5.98. The quantitative estimate of drug-likeness (QED) is 0.924. The number of hydrogen-bond acceptors (Lipinski definition) is 2. The van der Waals surface area contributed by atoms with Crippen LogP contribution in [-0.2, 0) is 7.05 Å². The maximum absolute atomic E-state index is 13.4. The third-order valence-corrected chi connectivity index (χ3v) is 4.34. The van der Waals surface area contributed by atoms with E-state index in [1.165, 1.54) is 6.07 Å². The molecule has 122 valence electrons. The first-order valence-electron chi connectivity index (χ1n) is 7.48. The Morgan fingerprint density at radius 2 is 2.09 bits per heavy atom. The Balaban J connectivity index is 1.71. The molecule has 1 aliphatic rings. The van der Waals surface area contributed by atoms with Crippen molar-refractivity contribution >= 4 is 11.8 Å². The number of halogens is 2. The van der Waals surface area contributed by atoms with Gasteiger partial charge in [-0.15, -0.1) is 0 Å². The second-order valence-corrected chi connectivity index (χ2v) is 5.81. The average Bonchev–Trinajstić information content (AvgIpc) is 3.08. The Morgan fingerprint density at radius 3 is 2.74 bits per heavy atom. The zero-order valence-electron chi connectivity index (χ0n) is 13.0. The van der Waals surface area contributed by atoms with Gasteiger partial charge in [0.05, 0.1) is 0 Å². The van der Waals surface area contributed by atoms with Crippen LogP contribution in [0.5, 0.6) is 0 Å². The van der Waals surface area contributed by atoms with Crippen LogP contribution < -0.4 is 5.32 Å². The maximum Gasteiger partial charge on any atom is 0.323 e. The van der Waals surface area contributed by atoms with Crippen molar-refractivity contribution in [1.29, 1.82) is 0 Å². The van der Waals surface area contributed by atoms with Gasteiger partial charge in [-0.1, -0.05) is 6.07 Å². The van der Waals surface area contributed by atoms with Crippen LogP contribution in [0.4, 0.5) is 19.4 Å². The first kappa shape index (κ1) is 15.5. The van der Waals surface area contributed by atoms with E-state index >= 15 is 0 Å². The largest absolute Gasteiger partial charge is 0.323 e. The van der Waals surface area contributed by atoms with Gasteiger partial charge in [0.25, 0.3) is 0 Å². The molecule has 0 bridgehead atoms. The average molecular weight is 320 g/mol. The number of nitrogens with one attached hydrogen (secondary N) is 1. The standard InChI is InChI=1S/C16H18F2N4O/c1-10-12(11-3-4-13(17)14(18)9-11)5-8-22(10)16(23)19-15-6-7-21(2)20-15/h3-4,6-7,9-10,12H,5,8H2,1-2H3,(H,19,20,23). The number of benzene rings is 1. The Kier molecular flexibility index (Phi) is 4.02. The van der Waals surface area contributed by atoms with Crippen LogP contribution in [0.25, 0.3) is 0 Å². The van der Waals surface area contributed by atoms with Crippen LogP contribution in [0.1, 0.15) is 24.8 Å². The minimum Gasteiger partial charge on any atom is -0.321 e. The lowest BCUT2D eigenvalue weighted by Gasteiger charge is -2.25. The molecule has 2 amide bonds. The molecular weight excluding hydrogens is 302 g/mol. The van der Waals surface area contributed by atoms with Crippen molar-refractivity contribution < 1.29 is 13.6 Å². The number of carbonyl (C=O) groups is 1. The van der Waals surface area contributed by atoms with Gasteiger partial charge in [0, 0.05) is 37.8 Å². The van der Waals surface area contributed by atoms with Crippen molar-refractivity contribution in [2.24, 2.45) is 7.05 Å². The van der Waals surface area contributed by atoms with Gasteiger partial charge in [0.2, 0.25) is 0 Å². The van der Waals surface area contributed by atoms with E-state index in [2.05, 4.69) is 10.4 Å². The van der Waals surface area contributed by atoms with E-state index in [1.54, 1.807) is 35.0 Å². The van der Waals surface area contributed by atoms with Crippen molar-refractivity contribution in [3.63, 3.8) is 0 Å². The summed E-state index contributed by atoms with van der Waals surface area (Å²) in [5.41, 5.74) is 0.713. The number of hydrogen-bond donors (Lipinski definition) is 1. The lowest BCUT2D eigenvalue weighted by Crippen LogP contribution is -2.38. The molecular formula is C16H18F2N4O. The molecule has 0 saturated carbocycles. The lowest BCUT2D eigenvalue weighted by molar-refractivity contribution is 0.208. The molecule has 2 aromatic rings. The summed E-state index contributed by atoms with van der Waals surface area (Å²) in [4.78, 5) is 14.1. The number of carbonyl (C=O) groups excluding carboxylic acids is 1. The highest BCUT2D eigenvalue weighted by Crippen LogP contribution is 2.34. The number of aryl methyl sites for hydroxylation is 1. The minimum atomic E-state index is -0.857. The third kappa shape index (κ3) is 3.04. The van der Waals surface area contributed by atoms with Crippen LogP contribution in [0.2, 0.25) is 0 Å². The van der Waals surface area contributed by atoms with Gasteiger partial charge in [0.1, 0.15) is 0 Å². The normalized spacial score (nSPS) is 20.8. The number of rotatable bonds is 2. The molecule has 0 spiro atoms. The van der Waals surface area contributed by atoms with E-state index in [-0.39, 0.29) is 18.0 Å². The Hall–Kier alpha value is -2.44. The molecule has 1 aromatic heterocycles. The minimum absolute atomic E-state index is 0.0143. The summed E-state index contributed by atoms with van der Waals surface area (Å²) in [5.74, 6) is -1.24. The van der Waals surface area contributed by atoms with Crippen molar-refractivity contribution in [3.05, 3.63) is 47.7 Å². The number of anilines is 1. The zero-order valence-corrected chi connectivity index (χ0v) is 13.0. The predicted octanol–water partition coefficient (Wildman–Crippen LogP) is 3.11. The second-order valence-electron chi connectivity index (χ2n) is 5.81. The summed E-state index contributed by atoms with van der Waals surface area (Å²) in [6, 6.07) is 5.31. The van der Waals surface area contributed by atoms with Crippen LogP contribution in [0.3, 0.4) is 0 Å². The molecule has 7 heteroatoms. The van der Waals surface area contributed by atoms with Crippen molar-refractivity contribution in [1.82, 2.24) is 14.7 Å². The topological polar surface area (TPSA) is 50.2 Å². The van der Waals surface area contributed by atoms with Crippen molar-refractivity contribution in [2.45, 2.75) is 25.3 Å². The fraction of sp³-hybridized carbons (Fsp3) is 0.375. The smallest absolute Gasteiger partial charge is 0.321 e. The summed E-state index contributed by atoms with van der Waals surface area (Å²) in [6.45, 7) is 2.47. The summed E-state index contributed by atoms with van der Waals surface area (Å²) in [5, 5.41) is 6.86. The van der Waals surface area contributed by atoms with E-state index in [1.807, 2.05) is 6.92 Å². The van der Waals surface area contributed by atoms with E-state index in [0.717, 1.165) is 6.07 Å². The molecule has 2 atom stereocenters. The molecule has 1 aromatic carbocycles. The fourth-order valence-electron chi connectivity index (χ4n) is 3.08. The summed E-state index contributed by atoms with van der Waals surface area (Å²) in [7, 11) is 1.77. The molecule has 0 aliphatic carbocycles. The van der Waals surface area contributed by atoms with E-state index in [4.69, 9.17) is 0 Å². The summed E-state index contributed by atoms with van der Waals surface area (Å²) < 4.78 is 28.1. The zero-order chi connectivity index (χ0) is 16.6. The first-order valence-corrected chi connectivity index (χ1v) is 7.48. The van der Waals surface area contributed by atoms with Gasteiger partial charge < -0.3 is 4.90 Å². The summed E-state index contributed by atoms with van der Waals surface area (Å²) in [6.07, 6.45) is 2.45. The highest BCUT2D eigenvalue weighted by Gasteiger charge is 2.35. The molecule has 3 rings (SSSR count). The number of amides is 2. The van der Waals surface area contributed by atoms with Crippen molar-refractivity contribution in [3.8, 4) is 0 Å². The SMILES string of the molecule is CC1C(c2ccc(F)c(F)c2)CCN1C(=O)Nc1ccn(C)n1. The van der Waals surface area contributed by atoms with Crippen LogP contribution in [-0.4, -0.2) is 33.3 Å². The molecule has 0 radical (unpaired) electrons. The highest BCUT2D eigenvalue weighted by molar-refractivity contribution is 5.88. The van der Waals surface area contributed by atoms with Gasteiger partial charge in [-0.05, 0) is 31.0 Å². The van der Waals surface area contributed by atoms with E-state index in [9.17, 15) is 13.6 Å². The molecule has 2 unspecified atom stereocenters. The Morgan fingerprint density at radius 1 is 1.30 bits per heavy atom. The van der Waals surface area contributed by atoms with Crippen molar-refractivity contribution in [2.75, 3.05) is 11.9 Å².